The molecule has 1 amide bonds. The Morgan fingerprint density at radius 2 is 1.92 bits per heavy atom. The molecule has 0 spiro atoms. The largest absolute Gasteiger partial charge is 0.490 e. The summed E-state index contributed by atoms with van der Waals surface area (Å²) in [5, 5.41) is 11.2. The van der Waals surface area contributed by atoms with Crippen LogP contribution in [0.2, 0.25) is 0 Å². The second kappa shape index (κ2) is 7.61. The van der Waals surface area contributed by atoms with Crippen LogP contribution in [0.5, 0.6) is 5.75 Å². The lowest BCUT2D eigenvalue weighted by Gasteiger charge is -2.41. The number of nitrogens with zero attached hydrogens (tertiary/aromatic N) is 3. The average molecular weight is 361 g/mol. The maximum absolute atomic E-state index is 12.9. The van der Waals surface area contributed by atoms with E-state index in [0.717, 1.165) is 12.8 Å². The molecule has 7 heteroatoms. The third-order valence-electron chi connectivity index (χ3n) is 5.75. The number of amides is 1. The first-order valence-electron chi connectivity index (χ1n) is 9.31. The standard InChI is InChI=1S/C19H27N3O4/c1-13-6-7-14(2)21(13)16-5-4-10-20(12-16)19(23)15-8-9-18(26-3)17(11-15)22(24)25/h8-9,11,13-14,16H,4-7,10,12H2,1-3H3. The zero-order valence-electron chi connectivity index (χ0n) is 15.7. The topological polar surface area (TPSA) is 75.9 Å². The van der Waals surface area contributed by atoms with E-state index >= 15 is 0 Å². The summed E-state index contributed by atoms with van der Waals surface area (Å²) in [6.07, 6.45) is 4.47. The van der Waals surface area contributed by atoms with Crippen molar-refractivity contribution in [1.82, 2.24) is 9.80 Å². The smallest absolute Gasteiger partial charge is 0.311 e. The lowest BCUT2D eigenvalue weighted by molar-refractivity contribution is -0.385. The van der Waals surface area contributed by atoms with Crippen LogP contribution in [0.4, 0.5) is 5.69 Å². The van der Waals surface area contributed by atoms with Crippen LogP contribution in [0.1, 0.15) is 49.9 Å². The van der Waals surface area contributed by atoms with Gasteiger partial charge in [-0.25, -0.2) is 0 Å². The molecule has 0 aliphatic carbocycles. The summed E-state index contributed by atoms with van der Waals surface area (Å²) in [6, 6.07) is 5.90. The first kappa shape index (κ1) is 18.6. The van der Waals surface area contributed by atoms with E-state index in [9.17, 15) is 14.9 Å². The summed E-state index contributed by atoms with van der Waals surface area (Å²) in [4.78, 5) is 28.1. The molecule has 2 fully saturated rings. The number of carbonyl (C=O) groups excluding carboxylic acids is 1. The van der Waals surface area contributed by atoms with E-state index in [1.807, 2.05) is 4.90 Å². The molecular formula is C19H27N3O4. The first-order chi connectivity index (χ1) is 12.4. The van der Waals surface area contributed by atoms with Crippen molar-refractivity contribution in [2.45, 2.75) is 57.7 Å². The van der Waals surface area contributed by atoms with Crippen LogP contribution < -0.4 is 4.74 Å². The number of carbonyl (C=O) groups is 1. The number of nitro groups is 1. The van der Waals surface area contributed by atoms with Crippen LogP contribution in [0.25, 0.3) is 0 Å². The SMILES string of the molecule is COc1ccc(C(=O)N2CCCC(N3C(C)CCC3C)C2)cc1[N+](=O)[O-]. The monoisotopic (exact) mass is 361 g/mol. The molecule has 3 rings (SSSR count). The van der Waals surface area contributed by atoms with E-state index in [0.29, 0.717) is 36.8 Å². The Morgan fingerprint density at radius 1 is 1.23 bits per heavy atom. The van der Waals surface area contributed by atoms with Crippen molar-refractivity contribution in [3.8, 4) is 5.75 Å². The fourth-order valence-electron chi connectivity index (χ4n) is 4.47. The van der Waals surface area contributed by atoms with Crippen molar-refractivity contribution in [3.05, 3.63) is 33.9 Å². The first-order valence-corrected chi connectivity index (χ1v) is 9.31. The molecule has 2 aliphatic heterocycles. The van der Waals surface area contributed by atoms with Crippen molar-refractivity contribution < 1.29 is 14.5 Å². The van der Waals surface area contributed by atoms with E-state index < -0.39 is 4.92 Å². The second-order valence-corrected chi connectivity index (χ2v) is 7.41. The highest BCUT2D eigenvalue weighted by Crippen LogP contribution is 2.31. The maximum atomic E-state index is 12.9. The predicted octanol–water partition coefficient (Wildman–Crippen LogP) is 3.08. The molecule has 7 nitrogen and oxygen atoms in total. The van der Waals surface area contributed by atoms with Gasteiger partial charge in [-0.05, 0) is 51.7 Å². The van der Waals surface area contributed by atoms with Gasteiger partial charge in [-0.2, -0.15) is 0 Å². The van der Waals surface area contributed by atoms with Gasteiger partial charge < -0.3 is 9.64 Å². The number of likely N-dealkylation sites (tertiary alicyclic amines) is 2. The van der Waals surface area contributed by atoms with Gasteiger partial charge in [0.1, 0.15) is 0 Å². The summed E-state index contributed by atoms with van der Waals surface area (Å²) in [7, 11) is 1.39. The number of piperidine rings is 1. The number of benzene rings is 1. The highest BCUT2D eigenvalue weighted by atomic mass is 16.6. The minimum Gasteiger partial charge on any atom is -0.490 e. The average Bonchev–Trinajstić information content (AvgIpc) is 2.99. The zero-order chi connectivity index (χ0) is 18.8. The number of methoxy groups -OCH3 is 1. The second-order valence-electron chi connectivity index (χ2n) is 7.41. The van der Waals surface area contributed by atoms with Crippen LogP contribution in [-0.2, 0) is 0 Å². The van der Waals surface area contributed by atoms with E-state index in [1.165, 1.54) is 32.1 Å². The quantitative estimate of drug-likeness (QED) is 0.608. The van der Waals surface area contributed by atoms with Crippen LogP contribution in [0, 0.1) is 10.1 Å². The minimum atomic E-state index is -0.512. The number of nitro benzene ring substituents is 1. The molecule has 3 unspecified atom stereocenters. The molecule has 0 N–H and O–H groups in total. The molecule has 0 aromatic heterocycles. The summed E-state index contributed by atoms with van der Waals surface area (Å²) in [6.45, 7) is 5.91. The summed E-state index contributed by atoms with van der Waals surface area (Å²) < 4.78 is 5.02. The Morgan fingerprint density at radius 3 is 2.54 bits per heavy atom. The Bertz CT molecular complexity index is 683. The molecule has 142 valence electrons. The summed E-state index contributed by atoms with van der Waals surface area (Å²) in [5.41, 5.74) is 0.175. The maximum Gasteiger partial charge on any atom is 0.311 e. The third-order valence-corrected chi connectivity index (χ3v) is 5.75. The lowest BCUT2D eigenvalue weighted by atomic mass is 10.0. The van der Waals surface area contributed by atoms with Crippen molar-refractivity contribution in [3.63, 3.8) is 0 Å². The Balaban J connectivity index is 1.77. The number of ether oxygens (including phenoxy) is 1. The fourth-order valence-corrected chi connectivity index (χ4v) is 4.47. The van der Waals surface area contributed by atoms with Crippen molar-refractivity contribution in [2.24, 2.45) is 0 Å². The third kappa shape index (κ3) is 3.53. The van der Waals surface area contributed by atoms with Gasteiger partial charge in [0.15, 0.2) is 5.75 Å². The Kier molecular flexibility index (Phi) is 5.46. The van der Waals surface area contributed by atoms with Crippen LogP contribution in [-0.4, -0.2) is 59.0 Å². The number of rotatable bonds is 4. The minimum absolute atomic E-state index is 0.139. The Labute approximate surface area is 154 Å². The van der Waals surface area contributed by atoms with Crippen molar-refractivity contribution in [2.75, 3.05) is 20.2 Å². The predicted molar refractivity (Wildman–Crippen MR) is 98.6 cm³/mol. The number of hydrogen-bond acceptors (Lipinski definition) is 5. The van der Waals surface area contributed by atoms with Crippen LogP contribution >= 0.6 is 0 Å². The molecule has 2 heterocycles. The van der Waals surface area contributed by atoms with Gasteiger partial charge in [0.25, 0.3) is 5.91 Å². The molecule has 26 heavy (non-hydrogen) atoms. The van der Waals surface area contributed by atoms with Gasteiger partial charge in [-0.3, -0.25) is 19.8 Å². The molecule has 2 saturated heterocycles. The molecule has 0 radical (unpaired) electrons. The van der Waals surface area contributed by atoms with Gasteiger partial charge in [-0.1, -0.05) is 0 Å². The van der Waals surface area contributed by atoms with E-state index in [4.69, 9.17) is 4.74 Å². The van der Waals surface area contributed by atoms with Crippen LogP contribution in [0.15, 0.2) is 18.2 Å². The summed E-state index contributed by atoms with van der Waals surface area (Å²) in [5.74, 6) is 0.0303. The molecule has 1 aromatic carbocycles. The molecular weight excluding hydrogens is 334 g/mol. The highest BCUT2D eigenvalue weighted by Gasteiger charge is 2.36. The normalized spacial score (nSPS) is 26.7. The van der Waals surface area contributed by atoms with E-state index in [2.05, 4.69) is 18.7 Å². The van der Waals surface area contributed by atoms with Crippen molar-refractivity contribution in [1.29, 1.82) is 0 Å². The van der Waals surface area contributed by atoms with E-state index in [-0.39, 0.29) is 17.3 Å². The Hall–Kier alpha value is -2.15. The molecule has 3 atom stereocenters. The van der Waals surface area contributed by atoms with Gasteiger partial charge in [0.2, 0.25) is 0 Å². The van der Waals surface area contributed by atoms with E-state index in [1.54, 1.807) is 6.07 Å². The van der Waals surface area contributed by atoms with Gasteiger partial charge >= 0.3 is 5.69 Å². The number of hydrogen-bond donors (Lipinski definition) is 0. The molecule has 0 saturated carbocycles. The van der Waals surface area contributed by atoms with Gasteiger partial charge in [0, 0.05) is 42.8 Å². The molecule has 0 bridgehead atoms. The lowest BCUT2D eigenvalue weighted by Crippen LogP contribution is -2.52. The van der Waals surface area contributed by atoms with Crippen molar-refractivity contribution >= 4 is 11.6 Å². The molecule has 1 aromatic rings. The molecule has 2 aliphatic rings. The zero-order valence-corrected chi connectivity index (χ0v) is 15.7. The summed E-state index contributed by atoms with van der Waals surface area (Å²) >= 11 is 0. The highest BCUT2D eigenvalue weighted by molar-refractivity contribution is 5.95. The van der Waals surface area contributed by atoms with Gasteiger partial charge in [-0.15, -0.1) is 0 Å². The fraction of sp³-hybridized carbons (Fsp3) is 0.632. The van der Waals surface area contributed by atoms with Crippen LogP contribution in [0.3, 0.4) is 0 Å². The van der Waals surface area contributed by atoms with Gasteiger partial charge in [0.05, 0.1) is 12.0 Å².